The number of rotatable bonds is 6. The molecule has 0 aliphatic carbocycles. The molecule has 23 heavy (non-hydrogen) atoms. The quantitative estimate of drug-likeness (QED) is 0.732. The Hall–Kier alpha value is -2.30. The molecule has 0 saturated heterocycles. The van der Waals surface area contributed by atoms with E-state index in [0.29, 0.717) is 13.1 Å². The highest BCUT2D eigenvalue weighted by Gasteiger charge is 2.22. The van der Waals surface area contributed by atoms with Gasteiger partial charge in [-0.2, -0.15) is 0 Å². The highest BCUT2D eigenvalue weighted by atomic mass is 16.5. The first-order valence-corrected chi connectivity index (χ1v) is 7.63. The average Bonchev–Trinajstić information content (AvgIpc) is 2.97. The molecular weight excluding hydrogens is 290 g/mol. The topological polar surface area (TPSA) is 54.6 Å². The molecule has 2 N–H and O–H groups in total. The van der Waals surface area contributed by atoms with Crippen molar-refractivity contribution in [3.63, 3.8) is 0 Å². The van der Waals surface area contributed by atoms with Gasteiger partial charge in [0.25, 0.3) is 0 Å². The van der Waals surface area contributed by atoms with E-state index in [9.17, 15) is 5.11 Å². The van der Waals surface area contributed by atoms with Crippen LogP contribution in [0.4, 0.5) is 0 Å². The van der Waals surface area contributed by atoms with Crippen molar-refractivity contribution in [2.75, 3.05) is 13.7 Å². The molecule has 3 aromatic rings. The van der Waals surface area contributed by atoms with Gasteiger partial charge in [0.15, 0.2) is 0 Å². The first-order chi connectivity index (χ1) is 11.1. The van der Waals surface area contributed by atoms with Crippen molar-refractivity contribution in [1.29, 1.82) is 0 Å². The first-order valence-electron chi connectivity index (χ1n) is 7.63. The van der Waals surface area contributed by atoms with E-state index in [1.54, 1.807) is 14.0 Å². The number of furan rings is 1. The van der Waals surface area contributed by atoms with Gasteiger partial charge in [0, 0.05) is 11.9 Å². The SMILES string of the molecule is COc1ccc2oc(CNCC(C)(O)c3ccccc3)cc2c1. The summed E-state index contributed by atoms with van der Waals surface area (Å²) in [6.45, 7) is 2.80. The second-order valence-electron chi connectivity index (χ2n) is 5.86. The van der Waals surface area contributed by atoms with E-state index in [1.807, 2.05) is 54.6 Å². The molecule has 0 radical (unpaired) electrons. The molecule has 0 amide bonds. The molecule has 120 valence electrons. The van der Waals surface area contributed by atoms with Crippen LogP contribution in [0.2, 0.25) is 0 Å². The Morgan fingerprint density at radius 1 is 1.13 bits per heavy atom. The number of methoxy groups -OCH3 is 1. The van der Waals surface area contributed by atoms with Crippen LogP contribution < -0.4 is 10.1 Å². The van der Waals surface area contributed by atoms with E-state index in [-0.39, 0.29) is 0 Å². The third-order valence-electron chi connectivity index (χ3n) is 3.94. The minimum absolute atomic E-state index is 0.442. The Kier molecular flexibility index (Phi) is 4.37. The Morgan fingerprint density at radius 2 is 1.91 bits per heavy atom. The summed E-state index contributed by atoms with van der Waals surface area (Å²) in [5.41, 5.74) is 0.801. The van der Waals surface area contributed by atoms with E-state index in [4.69, 9.17) is 9.15 Å². The zero-order valence-electron chi connectivity index (χ0n) is 13.4. The van der Waals surface area contributed by atoms with Gasteiger partial charge in [-0.05, 0) is 36.8 Å². The Balaban J connectivity index is 1.64. The van der Waals surface area contributed by atoms with E-state index < -0.39 is 5.60 Å². The number of aliphatic hydroxyl groups is 1. The summed E-state index contributed by atoms with van der Waals surface area (Å²) < 4.78 is 11.0. The lowest BCUT2D eigenvalue weighted by atomic mass is 9.96. The first kappa shape index (κ1) is 15.6. The van der Waals surface area contributed by atoms with Crippen molar-refractivity contribution < 1.29 is 14.3 Å². The fourth-order valence-corrected chi connectivity index (χ4v) is 2.62. The summed E-state index contributed by atoms with van der Waals surface area (Å²) in [7, 11) is 1.65. The number of hydrogen-bond acceptors (Lipinski definition) is 4. The fourth-order valence-electron chi connectivity index (χ4n) is 2.62. The van der Waals surface area contributed by atoms with Crippen LogP contribution in [0.25, 0.3) is 11.0 Å². The molecule has 0 bridgehead atoms. The predicted octanol–water partition coefficient (Wildman–Crippen LogP) is 3.44. The second kappa shape index (κ2) is 6.44. The largest absolute Gasteiger partial charge is 0.497 e. The normalized spacial score (nSPS) is 13.9. The monoisotopic (exact) mass is 311 g/mol. The number of hydrogen-bond donors (Lipinski definition) is 2. The van der Waals surface area contributed by atoms with Crippen LogP contribution in [0.5, 0.6) is 5.75 Å². The standard InChI is InChI=1S/C19H21NO3/c1-19(21,15-6-4-3-5-7-15)13-20-12-17-11-14-10-16(22-2)8-9-18(14)23-17/h3-11,20-21H,12-13H2,1-2H3. The van der Waals surface area contributed by atoms with Crippen LogP contribution in [0, 0.1) is 0 Å². The molecule has 0 spiro atoms. The number of fused-ring (bicyclic) bond motifs is 1. The van der Waals surface area contributed by atoms with Crippen molar-refractivity contribution in [3.05, 3.63) is 65.9 Å². The van der Waals surface area contributed by atoms with Crippen molar-refractivity contribution in [2.45, 2.75) is 19.1 Å². The zero-order valence-corrected chi connectivity index (χ0v) is 13.4. The summed E-state index contributed by atoms with van der Waals surface area (Å²) >= 11 is 0. The molecule has 1 heterocycles. The van der Waals surface area contributed by atoms with Gasteiger partial charge in [0.05, 0.1) is 19.3 Å². The Labute approximate surface area is 135 Å². The van der Waals surface area contributed by atoms with Crippen LogP contribution in [-0.2, 0) is 12.1 Å². The second-order valence-corrected chi connectivity index (χ2v) is 5.86. The van der Waals surface area contributed by atoms with Crippen LogP contribution in [0.1, 0.15) is 18.2 Å². The molecule has 1 aromatic heterocycles. The van der Waals surface area contributed by atoms with Crippen molar-refractivity contribution in [2.24, 2.45) is 0 Å². The van der Waals surface area contributed by atoms with E-state index >= 15 is 0 Å². The van der Waals surface area contributed by atoms with Gasteiger partial charge in [-0.1, -0.05) is 30.3 Å². The third kappa shape index (κ3) is 3.55. The summed E-state index contributed by atoms with van der Waals surface area (Å²) in [5.74, 6) is 1.64. The lowest BCUT2D eigenvalue weighted by Crippen LogP contribution is -2.35. The van der Waals surface area contributed by atoms with Gasteiger partial charge in [-0.25, -0.2) is 0 Å². The summed E-state index contributed by atoms with van der Waals surface area (Å²) in [6, 6.07) is 17.4. The molecular formula is C19H21NO3. The minimum atomic E-state index is -0.920. The van der Waals surface area contributed by atoms with Crippen LogP contribution in [0.15, 0.2) is 59.0 Å². The lowest BCUT2D eigenvalue weighted by molar-refractivity contribution is 0.0562. The van der Waals surface area contributed by atoms with Crippen LogP contribution in [0.3, 0.4) is 0 Å². The summed E-state index contributed by atoms with van der Waals surface area (Å²) in [4.78, 5) is 0. The molecule has 0 aliphatic heterocycles. The van der Waals surface area contributed by atoms with E-state index in [2.05, 4.69) is 5.32 Å². The maximum atomic E-state index is 10.6. The maximum Gasteiger partial charge on any atom is 0.134 e. The van der Waals surface area contributed by atoms with Gasteiger partial charge in [0.2, 0.25) is 0 Å². The third-order valence-corrected chi connectivity index (χ3v) is 3.94. The maximum absolute atomic E-state index is 10.6. The Bertz CT molecular complexity index is 778. The molecule has 0 fully saturated rings. The highest BCUT2D eigenvalue weighted by Crippen LogP contribution is 2.24. The van der Waals surface area contributed by atoms with Gasteiger partial charge >= 0.3 is 0 Å². The molecule has 3 rings (SSSR count). The Morgan fingerprint density at radius 3 is 2.65 bits per heavy atom. The highest BCUT2D eigenvalue weighted by molar-refractivity contribution is 5.79. The average molecular weight is 311 g/mol. The van der Waals surface area contributed by atoms with Gasteiger partial charge in [-0.15, -0.1) is 0 Å². The summed E-state index contributed by atoms with van der Waals surface area (Å²) in [6.07, 6.45) is 0. The number of ether oxygens (including phenoxy) is 1. The van der Waals surface area contributed by atoms with Crippen molar-refractivity contribution >= 4 is 11.0 Å². The predicted molar refractivity (Wildman–Crippen MR) is 90.5 cm³/mol. The number of benzene rings is 2. The molecule has 2 aromatic carbocycles. The van der Waals surface area contributed by atoms with Crippen molar-refractivity contribution in [3.8, 4) is 5.75 Å². The fraction of sp³-hybridized carbons (Fsp3) is 0.263. The zero-order chi connectivity index (χ0) is 16.3. The molecule has 1 unspecified atom stereocenters. The van der Waals surface area contributed by atoms with Gasteiger partial charge in [0.1, 0.15) is 17.1 Å². The molecule has 4 nitrogen and oxygen atoms in total. The molecule has 0 aliphatic rings. The molecule has 0 saturated carbocycles. The van der Waals surface area contributed by atoms with Gasteiger partial charge < -0.3 is 19.6 Å². The van der Waals surface area contributed by atoms with Crippen LogP contribution >= 0.6 is 0 Å². The van der Waals surface area contributed by atoms with E-state index in [1.165, 1.54) is 0 Å². The minimum Gasteiger partial charge on any atom is -0.497 e. The smallest absolute Gasteiger partial charge is 0.134 e. The van der Waals surface area contributed by atoms with E-state index in [0.717, 1.165) is 28.0 Å². The van der Waals surface area contributed by atoms with Gasteiger partial charge in [-0.3, -0.25) is 0 Å². The lowest BCUT2D eigenvalue weighted by Gasteiger charge is -2.24. The number of nitrogens with one attached hydrogen (secondary N) is 1. The molecule has 4 heteroatoms. The van der Waals surface area contributed by atoms with Crippen LogP contribution in [-0.4, -0.2) is 18.8 Å². The van der Waals surface area contributed by atoms with Crippen molar-refractivity contribution in [1.82, 2.24) is 5.32 Å². The summed E-state index contributed by atoms with van der Waals surface area (Å²) in [5, 5.41) is 14.8. The molecule has 1 atom stereocenters.